The van der Waals surface area contributed by atoms with Gasteiger partial charge in [0, 0.05) is 23.2 Å². The Bertz CT molecular complexity index is 2070. The van der Waals surface area contributed by atoms with E-state index < -0.39 is 0 Å². The van der Waals surface area contributed by atoms with Crippen molar-refractivity contribution in [3.63, 3.8) is 0 Å². The Morgan fingerprint density at radius 1 is 0.600 bits per heavy atom. The quantitative estimate of drug-likeness (QED) is 0.243. The molecule has 0 amide bonds. The van der Waals surface area contributed by atoms with E-state index in [1.54, 1.807) is 6.20 Å². The molecule has 4 heterocycles. The van der Waals surface area contributed by atoms with Crippen LogP contribution in [0.1, 0.15) is 22.3 Å². The summed E-state index contributed by atoms with van der Waals surface area (Å²) in [6.07, 6.45) is 7.54. The average Bonchev–Trinajstić information content (AvgIpc) is 3.57. The molecule has 4 nitrogen and oxygen atoms in total. The van der Waals surface area contributed by atoms with Crippen molar-refractivity contribution in [2.24, 2.45) is 0 Å². The van der Waals surface area contributed by atoms with Gasteiger partial charge in [-0.1, -0.05) is 30.3 Å². The van der Waals surface area contributed by atoms with Crippen LogP contribution in [0.2, 0.25) is 0 Å². The van der Waals surface area contributed by atoms with E-state index in [4.69, 9.17) is 9.97 Å². The first-order chi connectivity index (χ1) is 17.3. The molecule has 9 rings (SSSR count). The zero-order valence-corrected chi connectivity index (χ0v) is 18.8. The lowest BCUT2D eigenvalue weighted by atomic mass is 9.96. The van der Waals surface area contributed by atoms with Crippen molar-refractivity contribution in [1.82, 2.24) is 19.4 Å². The van der Waals surface area contributed by atoms with Gasteiger partial charge in [0.15, 0.2) is 0 Å². The first-order valence-corrected chi connectivity index (χ1v) is 12.0. The zero-order valence-electron chi connectivity index (χ0n) is 18.8. The molecule has 7 aromatic rings. The minimum absolute atomic E-state index is 0.923. The summed E-state index contributed by atoms with van der Waals surface area (Å²) in [5.74, 6) is 0. The van der Waals surface area contributed by atoms with Crippen LogP contribution in [0.15, 0.2) is 85.3 Å². The van der Waals surface area contributed by atoms with Crippen LogP contribution < -0.4 is 0 Å². The number of hydrogen-bond acceptors (Lipinski definition) is 3. The topological polar surface area (TPSA) is 43.1 Å². The number of nitrogens with zero attached hydrogens (tertiary/aromatic N) is 4. The first kappa shape index (κ1) is 17.8. The van der Waals surface area contributed by atoms with Crippen LogP contribution in [-0.4, -0.2) is 19.4 Å². The average molecular weight is 447 g/mol. The molecule has 0 atom stereocenters. The third kappa shape index (κ3) is 2.20. The van der Waals surface area contributed by atoms with Crippen molar-refractivity contribution >= 4 is 38.5 Å². The van der Waals surface area contributed by atoms with E-state index in [0.717, 1.165) is 40.6 Å². The van der Waals surface area contributed by atoms with E-state index in [1.807, 2.05) is 24.5 Å². The molecule has 0 saturated heterocycles. The van der Waals surface area contributed by atoms with Crippen molar-refractivity contribution in [2.75, 3.05) is 0 Å². The molecule has 35 heavy (non-hydrogen) atoms. The summed E-state index contributed by atoms with van der Waals surface area (Å²) < 4.78 is 2.17. The molecule has 0 saturated carbocycles. The predicted molar refractivity (Wildman–Crippen MR) is 140 cm³/mol. The maximum Gasteiger partial charge on any atom is 0.147 e. The molecular weight excluding hydrogens is 428 g/mol. The number of hydrogen-bond donors (Lipinski definition) is 0. The normalized spacial score (nSPS) is 13.5. The Kier molecular flexibility index (Phi) is 3.11. The van der Waals surface area contributed by atoms with Gasteiger partial charge in [0.25, 0.3) is 0 Å². The number of benzene rings is 3. The number of fused-ring (bicyclic) bond motifs is 14. The molecule has 0 radical (unpaired) electrons. The maximum absolute atomic E-state index is 5.03. The second-order valence-corrected chi connectivity index (χ2v) is 9.74. The summed E-state index contributed by atoms with van der Waals surface area (Å²) in [7, 11) is 0. The van der Waals surface area contributed by atoms with Gasteiger partial charge in [-0.2, -0.15) is 0 Å². The molecule has 0 N–H and O–H groups in total. The lowest BCUT2D eigenvalue weighted by Gasteiger charge is -2.11. The van der Waals surface area contributed by atoms with Crippen molar-refractivity contribution in [3.05, 3.63) is 108 Å². The molecule has 3 aromatic carbocycles. The maximum atomic E-state index is 5.03. The fourth-order valence-corrected chi connectivity index (χ4v) is 6.39. The molecule has 0 spiro atoms. The highest BCUT2D eigenvalue weighted by molar-refractivity contribution is 6.14. The molecule has 0 fully saturated rings. The number of aromatic nitrogens is 4. The van der Waals surface area contributed by atoms with Crippen LogP contribution in [0.3, 0.4) is 0 Å². The lowest BCUT2D eigenvalue weighted by molar-refractivity contribution is 1.21. The largest absolute Gasteiger partial charge is 0.274 e. The van der Waals surface area contributed by atoms with Gasteiger partial charge in [-0.25, -0.2) is 9.97 Å². The van der Waals surface area contributed by atoms with Gasteiger partial charge in [0.2, 0.25) is 0 Å². The molecule has 4 heteroatoms. The highest BCUT2D eigenvalue weighted by Gasteiger charge is 2.26. The molecule has 0 unspecified atom stereocenters. The van der Waals surface area contributed by atoms with Gasteiger partial charge >= 0.3 is 0 Å². The second kappa shape index (κ2) is 6.10. The van der Waals surface area contributed by atoms with E-state index >= 15 is 0 Å². The van der Waals surface area contributed by atoms with Gasteiger partial charge < -0.3 is 0 Å². The van der Waals surface area contributed by atoms with E-state index in [0.29, 0.717) is 0 Å². The van der Waals surface area contributed by atoms with Crippen molar-refractivity contribution < 1.29 is 0 Å². The van der Waals surface area contributed by atoms with Gasteiger partial charge in [-0.05, 0) is 99.1 Å². The summed E-state index contributed by atoms with van der Waals surface area (Å²) in [5, 5.41) is 3.52. The summed E-state index contributed by atoms with van der Waals surface area (Å²) in [6.45, 7) is 0. The van der Waals surface area contributed by atoms with Crippen LogP contribution >= 0.6 is 0 Å². The summed E-state index contributed by atoms with van der Waals surface area (Å²) in [5.41, 5.74) is 15.0. The van der Waals surface area contributed by atoms with Crippen LogP contribution in [0.25, 0.3) is 60.7 Å². The third-order valence-corrected chi connectivity index (χ3v) is 7.92. The summed E-state index contributed by atoms with van der Waals surface area (Å²) >= 11 is 0. The minimum atomic E-state index is 0.923. The summed E-state index contributed by atoms with van der Waals surface area (Å²) in [4.78, 5) is 14.2. The fourth-order valence-electron chi connectivity index (χ4n) is 6.39. The third-order valence-electron chi connectivity index (χ3n) is 7.92. The van der Waals surface area contributed by atoms with Crippen molar-refractivity contribution in [3.8, 4) is 22.3 Å². The van der Waals surface area contributed by atoms with Gasteiger partial charge in [-0.15, -0.1) is 0 Å². The van der Waals surface area contributed by atoms with Crippen molar-refractivity contribution in [2.45, 2.75) is 12.8 Å². The molecule has 162 valence electrons. The van der Waals surface area contributed by atoms with Gasteiger partial charge in [0.1, 0.15) is 11.3 Å². The molecule has 0 bridgehead atoms. The Labute approximate surface area is 200 Å². The molecule has 2 aliphatic rings. The second-order valence-electron chi connectivity index (χ2n) is 9.74. The van der Waals surface area contributed by atoms with Gasteiger partial charge in [0.05, 0.1) is 17.2 Å². The van der Waals surface area contributed by atoms with E-state index in [9.17, 15) is 0 Å². The highest BCUT2D eigenvalue weighted by Crippen LogP contribution is 2.46. The first-order valence-electron chi connectivity index (χ1n) is 12.0. The van der Waals surface area contributed by atoms with E-state index in [2.05, 4.69) is 64.0 Å². The van der Waals surface area contributed by atoms with Crippen LogP contribution in [0, 0.1) is 0 Å². The molecule has 0 aliphatic heterocycles. The monoisotopic (exact) mass is 446 g/mol. The van der Waals surface area contributed by atoms with E-state index in [-0.39, 0.29) is 0 Å². The Balaban J connectivity index is 1.39. The predicted octanol–water partition coefficient (Wildman–Crippen LogP) is 6.73. The molecule has 2 aliphatic carbocycles. The van der Waals surface area contributed by atoms with Crippen LogP contribution in [-0.2, 0) is 12.8 Å². The number of rotatable bonds is 0. The van der Waals surface area contributed by atoms with Crippen molar-refractivity contribution in [1.29, 1.82) is 0 Å². The van der Waals surface area contributed by atoms with E-state index in [1.165, 1.54) is 55.3 Å². The molecular formula is C31H18N4. The fraction of sp³-hybridized carbons (Fsp3) is 0.0645. The Morgan fingerprint density at radius 2 is 1.43 bits per heavy atom. The van der Waals surface area contributed by atoms with Crippen LogP contribution in [0.5, 0.6) is 0 Å². The smallest absolute Gasteiger partial charge is 0.147 e. The lowest BCUT2D eigenvalue weighted by Crippen LogP contribution is -1.95. The number of imidazole rings is 1. The Hall–Kier alpha value is -4.57. The minimum Gasteiger partial charge on any atom is -0.274 e. The zero-order chi connectivity index (χ0) is 22.7. The standard InChI is InChI=1S/C31H18N4/c1-2-5-21-17(4-1)10-18-11-19-12-20-13-27-26(15-25(20)24(19)14-23(18)21)22-6-3-8-33-30(22)35-29-16-32-9-7-28(29)34-31(27)35/h1-9,11,13-16H,10,12H2. The Morgan fingerprint density at radius 3 is 2.40 bits per heavy atom. The van der Waals surface area contributed by atoms with Gasteiger partial charge in [-0.3, -0.25) is 9.38 Å². The van der Waals surface area contributed by atoms with Crippen LogP contribution in [0.4, 0.5) is 0 Å². The SMILES string of the molecule is c1ccc2c(c1)Cc1cc3c(cc1-2)-c1cc2c4cccnc4n4c5cnccc5nc4c2cc1C3. The summed E-state index contributed by atoms with van der Waals surface area (Å²) in [6, 6.07) is 24.6. The highest BCUT2D eigenvalue weighted by atomic mass is 15.1. The molecule has 4 aromatic heterocycles. The number of pyridine rings is 3.